The summed E-state index contributed by atoms with van der Waals surface area (Å²) in [6.07, 6.45) is 1.94. The third kappa shape index (κ3) is 3.61. The summed E-state index contributed by atoms with van der Waals surface area (Å²) in [4.78, 5) is 37.0. The molecule has 7 nitrogen and oxygen atoms in total. The first-order valence-corrected chi connectivity index (χ1v) is 8.41. The van der Waals surface area contributed by atoms with E-state index in [1.54, 1.807) is 18.3 Å². The van der Waals surface area contributed by atoms with Gasteiger partial charge < -0.3 is 19.7 Å². The molecule has 0 spiro atoms. The van der Waals surface area contributed by atoms with Gasteiger partial charge in [0.2, 0.25) is 0 Å². The normalized spacial score (nSPS) is 19.9. The first kappa shape index (κ1) is 17.7. The molecule has 0 bridgehead atoms. The standard InChI is InChI=1S/C19H20N2O5/c22-17(21-10-8-14(18(23)24)15(12-21)19(25)26)16-7-4-9-20(16)11-13-5-2-1-3-6-13/h1-7,9,14-15H,8,10-12H2,(H,23,24)(H,25,26). The third-order valence-corrected chi connectivity index (χ3v) is 4.78. The van der Waals surface area contributed by atoms with Crippen LogP contribution in [0.5, 0.6) is 0 Å². The number of carboxylic acid groups (broad SMARTS) is 2. The molecule has 1 aromatic carbocycles. The van der Waals surface area contributed by atoms with Gasteiger partial charge >= 0.3 is 11.9 Å². The lowest BCUT2D eigenvalue weighted by atomic mass is 9.85. The average Bonchev–Trinajstić information content (AvgIpc) is 3.09. The molecule has 26 heavy (non-hydrogen) atoms. The van der Waals surface area contributed by atoms with Crippen LogP contribution in [0.25, 0.3) is 0 Å². The first-order chi connectivity index (χ1) is 12.5. The molecule has 1 aromatic heterocycles. The largest absolute Gasteiger partial charge is 0.481 e. The minimum atomic E-state index is -1.19. The van der Waals surface area contributed by atoms with E-state index in [0.29, 0.717) is 12.2 Å². The van der Waals surface area contributed by atoms with Crippen molar-refractivity contribution in [1.29, 1.82) is 0 Å². The minimum Gasteiger partial charge on any atom is -0.481 e. The summed E-state index contributed by atoms with van der Waals surface area (Å²) in [6.45, 7) is 0.667. The molecule has 1 aliphatic heterocycles. The number of carbonyl (C=O) groups is 3. The number of likely N-dealkylation sites (tertiary alicyclic amines) is 1. The molecular weight excluding hydrogens is 336 g/mol. The Balaban J connectivity index is 1.77. The number of rotatable bonds is 5. The van der Waals surface area contributed by atoms with Gasteiger partial charge in [0, 0.05) is 25.8 Å². The van der Waals surface area contributed by atoms with E-state index >= 15 is 0 Å². The Morgan fingerprint density at radius 3 is 2.31 bits per heavy atom. The van der Waals surface area contributed by atoms with Crippen LogP contribution in [0.1, 0.15) is 22.5 Å². The number of hydrogen-bond acceptors (Lipinski definition) is 3. The number of carboxylic acids is 2. The van der Waals surface area contributed by atoms with E-state index < -0.39 is 23.8 Å². The number of carbonyl (C=O) groups excluding carboxylic acids is 1. The van der Waals surface area contributed by atoms with E-state index in [2.05, 4.69) is 0 Å². The summed E-state index contributed by atoms with van der Waals surface area (Å²) >= 11 is 0. The van der Waals surface area contributed by atoms with Gasteiger partial charge in [-0.15, -0.1) is 0 Å². The van der Waals surface area contributed by atoms with Crippen molar-refractivity contribution in [3.05, 3.63) is 59.9 Å². The van der Waals surface area contributed by atoms with Crippen molar-refractivity contribution in [3.8, 4) is 0 Å². The van der Waals surface area contributed by atoms with E-state index in [9.17, 15) is 24.6 Å². The summed E-state index contributed by atoms with van der Waals surface area (Å²) in [7, 11) is 0. The van der Waals surface area contributed by atoms with Gasteiger partial charge in [0.05, 0.1) is 11.8 Å². The van der Waals surface area contributed by atoms with E-state index in [4.69, 9.17) is 0 Å². The van der Waals surface area contributed by atoms with E-state index in [1.165, 1.54) is 4.90 Å². The van der Waals surface area contributed by atoms with Crippen LogP contribution in [0.2, 0.25) is 0 Å². The maximum Gasteiger partial charge on any atom is 0.309 e. The molecule has 1 saturated heterocycles. The molecule has 3 rings (SSSR count). The Labute approximate surface area is 150 Å². The van der Waals surface area contributed by atoms with Crippen LogP contribution in [0.3, 0.4) is 0 Å². The van der Waals surface area contributed by atoms with Gasteiger partial charge in [0.15, 0.2) is 0 Å². The number of aliphatic carboxylic acids is 2. The van der Waals surface area contributed by atoms with Crippen molar-refractivity contribution in [2.45, 2.75) is 13.0 Å². The minimum absolute atomic E-state index is 0.0956. The molecule has 2 unspecified atom stereocenters. The van der Waals surface area contributed by atoms with Gasteiger partial charge in [-0.3, -0.25) is 14.4 Å². The summed E-state index contributed by atoms with van der Waals surface area (Å²) in [5.74, 6) is -4.65. The van der Waals surface area contributed by atoms with E-state index in [-0.39, 0.29) is 25.4 Å². The van der Waals surface area contributed by atoms with Gasteiger partial charge in [-0.25, -0.2) is 0 Å². The van der Waals surface area contributed by atoms with Crippen molar-refractivity contribution >= 4 is 17.8 Å². The fraction of sp³-hybridized carbons (Fsp3) is 0.316. The Kier molecular flexibility index (Phi) is 5.06. The quantitative estimate of drug-likeness (QED) is 0.851. The molecule has 2 aromatic rings. The second-order valence-corrected chi connectivity index (χ2v) is 6.44. The van der Waals surface area contributed by atoms with Crippen molar-refractivity contribution in [3.63, 3.8) is 0 Å². The number of nitrogens with zero attached hydrogens (tertiary/aromatic N) is 2. The highest BCUT2D eigenvalue weighted by molar-refractivity contribution is 5.93. The molecule has 1 fully saturated rings. The zero-order chi connectivity index (χ0) is 18.7. The lowest BCUT2D eigenvalue weighted by molar-refractivity contribution is -0.156. The summed E-state index contributed by atoms with van der Waals surface area (Å²) < 4.78 is 1.82. The molecular formula is C19H20N2O5. The topological polar surface area (TPSA) is 99.8 Å². The predicted molar refractivity (Wildman–Crippen MR) is 92.7 cm³/mol. The SMILES string of the molecule is O=C(O)C1CCN(C(=O)c2cccn2Cc2ccccc2)CC1C(=O)O. The van der Waals surface area contributed by atoms with E-state index in [0.717, 1.165) is 5.56 Å². The number of benzene rings is 1. The number of piperidine rings is 1. The lowest BCUT2D eigenvalue weighted by Crippen LogP contribution is -2.49. The number of amides is 1. The van der Waals surface area contributed by atoms with Gasteiger partial charge in [-0.05, 0) is 24.1 Å². The molecule has 1 aliphatic rings. The zero-order valence-corrected chi connectivity index (χ0v) is 14.1. The van der Waals surface area contributed by atoms with Crippen molar-refractivity contribution in [2.24, 2.45) is 11.8 Å². The predicted octanol–water partition coefficient (Wildman–Crippen LogP) is 1.78. The van der Waals surface area contributed by atoms with Crippen LogP contribution in [0.4, 0.5) is 0 Å². The lowest BCUT2D eigenvalue weighted by Gasteiger charge is -2.34. The second-order valence-electron chi connectivity index (χ2n) is 6.44. The van der Waals surface area contributed by atoms with Gasteiger partial charge in [0.25, 0.3) is 5.91 Å². The van der Waals surface area contributed by atoms with Gasteiger partial charge in [0.1, 0.15) is 5.69 Å². The Morgan fingerprint density at radius 2 is 1.65 bits per heavy atom. The second kappa shape index (κ2) is 7.43. The van der Waals surface area contributed by atoms with Gasteiger partial charge in [-0.1, -0.05) is 30.3 Å². The van der Waals surface area contributed by atoms with Crippen LogP contribution in [0, 0.1) is 11.8 Å². The highest BCUT2D eigenvalue weighted by Gasteiger charge is 2.40. The molecule has 7 heteroatoms. The summed E-state index contributed by atoms with van der Waals surface area (Å²) in [6, 6.07) is 13.2. The molecule has 0 saturated carbocycles. The first-order valence-electron chi connectivity index (χ1n) is 8.41. The molecule has 136 valence electrons. The molecule has 0 radical (unpaired) electrons. The maximum absolute atomic E-state index is 12.9. The highest BCUT2D eigenvalue weighted by atomic mass is 16.4. The summed E-state index contributed by atoms with van der Waals surface area (Å²) in [5.41, 5.74) is 1.51. The monoisotopic (exact) mass is 356 g/mol. The maximum atomic E-state index is 12.9. The number of aromatic nitrogens is 1. The Morgan fingerprint density at radius 1 is 0.962 bits per heavy atom. The van der Waals surface area contributed by atoms with Crippen LogP contribution in [0.15, 0.2) is 48.7 Å². The number of hydrogen-bond donors (Lipinski definition) is 2. The van der Waals surface area contributed by atoms with Crippen LogP contribution < -0.4 is 0 Å². The molecule has 0 aliphatic carbocycles. The highest BCUT2D eigenvalue weighted by Crippen LogP contribution is 2.26. The molecule has 2 heterocycles. The Bertz CT molecular complexity index is 814. The fourth-order valence-corrected chi connectivity index (χ4v) is 3.37. The average molecular weight is 356 g/mol. The fourth-order valence-electron chi connectivity index (χ4n) is 3.37. The summed E-state index contributed by atoms with van der Waals surface area (Å²) in [5, 5.41) is 18.5. The molecule has 2 atom stereocenters. The zero-order valence-electron chi connectivity index (χ0n) is 14.1. The molecule has 2 N–H and O–H groups in total. The van der Waals surface area contributed by atoms with Gasteiger partial charge in [-0.2, -0.15) is 0 Å². The van der Waals surface area contributed by atoms with Crippen LogP contribution >= 0.6 is 0 Å². The smallest absolute Gasteiger partial charge is 0.309 e. The van der Waals surface area contributed by atoms with Crippen LogP contribution in [-0.2, 0) is 16.1 Å². The van der Waals surface area contributed by atoms with Crippen molar-refractivity contribution < 1.29 is 24.6 Å². The molecule has 1 amide bonds. The van der Waals surface area contributed by atoms with E-state index in [1.807, 2.05) is 34.9 Å². The Hall–Kier alpha value is -3.09. The van der Waals surface area contributed by atoms with Crippen molar-refractivity contribution in [1.82, 2.24) is 9.47 Å². The van der Waals surface area contributed by atoms with Crippen molar-refractivity contribution in [2.75, 3.05) is 13.1 Å². The van der Waals surface area contributed by atoms with Crippen LogP contribution in [-0.4, -0.2) is 50.6 Å². The third-order valence-electron chi connectivity index (χ3n) is 4.78.